The zero-order valence-electron chi connectivity index (χ0n) is 9.55. The first-order chi connectivity index (χ1) is 8.16. The molecule has 0 amide bonds. The topological polar surface area (TPSA) is 52.5 Å². The number of phenols is 2. The van der Waals surface area contributed by atoms with Crippen LogP contribution in [0.3, 0.4) is 0 Å². The Hall–Kier alpha value is -1.52. The van der Waals surface area contributed by atoms with Gasteiger partial charge in [-0.1, -0.05) is 12.1 Å². The molecule has 1 aromatic carbocycles. The quantitative estimate of drug-likeness (QED) is 0.730. The van der Waals surface area contributed by atoms with Crippen LogP contribution in [0.4, 0.5) is 0 Å². The molecule has 3 N–H and O–H groups in total. The number of thiophene rings is 1. The van der Waals surface area contributed by atoms with Crippen LogP contribution >= 0.6 is 11.3 Å². The minimum absolute atomic E-state index is 0.0759. The highest BCUT2D eigenvalue weighted by atomic mass is 32.1. The predicted octanol–water partition coefficient (Wildman–Crippen LogP) is 3.01. The second-order valence-electron chi connectivity index (χ2n) is 3.94. The first-order valence-corrected chi connectivity index (χ1v) is 6.32. The van der Waals surface area contributed by atoms with Gasteiger partial charge in [0.2, 0.25) is 0 Å². The zero-order chi connectivity index (χ0) is 12.3. The summed E-state index contributed by atoms with van der Waals surface area (Å²) >= 11 is 1.72. The minimum Gasteiger partial charge on any atom is -0.504 e. The Morgan fingerprint density at radius 2 is 2.06 bits per heavy atom. The molecule has 0 saturated carbocycles. The fourth-order valence-electron chi connectivity index (χ4n) is 1.59. The second-order valence-corrected chi connectivity index (χ2v) is 4.92. The highest BCUT2D eigenvalue weighted by Crippen LogP contribution is 2.25. The summed E-state index contributed by atoms with van der Waals surface area (Å²) in [4.78, 5) is 1.29. The first kappa shape index (κ1) is 12.0. The van der Waals surface area contributed by atoms with Crippen LogP contribution in [-0.4, -0.2) is 10.2 Å². The summed E-state index contributed by atoms with van der Waals surface area (Å²) in [6, 6.07) is 9.28. The Morgan fingerprint density at radius 1 is 1.24 bits per heavy atom. The van der Waals surface area contributed by atoms with Crippen molar-refractivity contribution in [2.24, 2.45) is 0 Å². The number of aromatic hydroxyl groups is 2. The highest BCUT2D eigenvalue weighted by molar-refractivity contribution is 7.10. The van der Waals surface area contributed by atoms with Crippen molar-refractivity contribution in [2.75, 3.05) is 0 Å². The van der Waals surface area contributed by atoms with Crippen LogP contribution in [0.15, 0.2) is 35.7 Å². The molecule has 0 aliphatic rings. The summed E-state index contributed by atoms with van der Waals surface area (Å²) in [6.45, 7) is 2.76. The second kappa shape index (κ2) is 5.21. The normalized spacial score (nSPS) is 12.5. The van der Waals surface area contributed by atoms with Crippen molar-refractivity contribution in [1.82, 2.24) is 5.32 Å². The van der Waals surface area contributed by atoms with E-state index in [1.807, 2.05) is 6.07 Å². The van der Waals surface area contributed by atoms with Crippen molar-refractivity contribution >= 4 is 11.3 Å². The molecular weight excluding hydrogens is 234 g/mol. The average molecular weight is 249 g/mol. The van der Waals surface area contributed by atoms with Gasteiger partial charge >= 0.3 is 0 Å². The summed E-state index contributed by atoms with van der Waals surface area (Å²) in [7, 11) is 0. The molecule has 17 heavy (non-hydrogen) atoms. The molecule has 0 aliphatic carbocycles. The number of rotatable bonds is 4. The monoisotopic (exact) mass is 249 g/mol. The highest BCUT2D eigenvalue weighted by Gasteiger charge is 2.06. The van der Waals surface area contributed by atoms with Crippen molar-refractivity contribution in [3.63, 3.8) is 0 Å². The Balaban J connectivity index is 1.96. The van der Waals surface area contributed by atoms with Crippen LogP contribution in [0.25, 0.3) is 0 Å². The summed E-state index contributed by atoms with van der Waals surface area (Å²) in [5, 5.41) is 24.0. The Kier molecular flexibility index (Phi) is 3.66. The van der Waals surface area contributed by atoms with Crippen molar-refractivity contribution in [1.29, 1.82) is 0 Å². The van der Waals surface area contributed by atoms with Gasteiger partial charge in [0.15, 0.2) is 11.5 Å². The maximum atomic E-state index is 9.37. The van der Waals surface area contributed by atoms with Gasteiger partial charge in [0.05, 0.1) is 0 Å². The fraction of sp³-hybridized carbons (Fsp3) is 0.231. The molecule has 0 fully saturated rings. The molecule has 90 valence electrons. The third-order valence-electron chi connectivity index (χ3n) is 2.62. The molecule has 1 unspecified atom stereocenters. The molecule has 4 heteroatoms. The van der Waals surface area contributed by atoms with Crippen molar-refractivity contribution < 1.29 is 10.2 Å². The lowest BCUT2D eigenvalue weighted by molar-refractivity contribution is 0.402. The van der Waals surface area contributed by atoms with Gasteiger partial charge in [-0.2, -0.15) is 0 Å². The van der Waals surface area contributed by atoms with Gasteiger partial charge in [-0.05, 0) is 36.1 Å². The molecule has 0 saturated heterocycles. The van der Waals surface area contributed by atoms with E-state index in [1.165, 1.54) is 10.9 Å². The Morgan fingerprint density at radius 3 is 2.71 bits per heavy atom. The maximum absolute atomic E-state index is 9.37. The number of nitrogens with one attached hydrogen (secondary N) is 1. The summed E-state index contributed by atoms with van der Waals surface area (Å²) in [6.07, 6.45) is 0. The van der Waals surface area contributed by atoms with E-state index in [0.29, 0.717) is 6.54 Å². The Labute approximate surface area is 104 Å². The maximum Gasteiger partial charge on any atom is 0.157 e. The van der Waals surface area contributed by atoms with Gasteiger partial charge in [-0.3, -0.25) is 0 Å². The lowest BCUT2D eigenvalue weighted by Gasteiger charge is -2.12. The van der Waals surface area contributed by atoms with Gasteiger partial charge in [-0.25, -0.2) is 0 Å². The van der Waals surface area contributed by atoms with E-state index in [2.05, 4.69) is 23.7 Å². The lowest BCUT2D eigenvalue weighted by atomic mass is 10.2. The van der Waals surface area contributed by atoms with E-state index >= 15 is 0 Å². The number of phenolic OH excluding ortho intramolecular Hbond substituents is 2. The van der Waals surface area contributed by atoms with Crippen molar-refractivity contribution in [3.05, 3.63) is 46.2 Å². The van der Waals surface area contributed by atoms with Crippen LogP contribution in [0, 0.1) is 0 Å². The van der Waals surface area contributed by atoms with E-state index in [0.717, 1.165) is 5.56 Å². The van der Waals surface area contributed by atoms with E-state index in [-0.39, 0.29) is 17.5 Å². The van der Waals surface area contributed by atoms with Crippen LogP contribution in [-0.2, 0) is 6.54 Å². The number of hydrogen-bond acceptors (Lipinski definition) is 4. The Bertz CT molecular complexity index is 482. The fourth-order valence-corrected chi connectivity index (χ4v) is 2.35. The number of benzene rings is 1. The SMILES string of the molecule is CC(NCc1ccc(O)c(O)c1)c1cccs1. The zero-order valence-corrected chi connectivity index (χ0v) is 10.4. The van der Waals surface area contributed by atoms with Gasteiger partial charge in [0, 0.05) is 17.5 Å². The van der Waals surface area contributed by atoms with E-state index in [1.54, 1.807) is 23.5 Å². The van der Waals surface area contributed by atoms with Crippen molar-refractivity contribution in [3.8, 4) is 11.5 Å². The minimum atomic E-state index is -0.0833. The summed E-state index contributed by atoms with van der Waals surface area (Å²) in [5.74, 6) is -0.159. The van der Waals surface area contributed by atoms with Gasteiger partial charge in [-0.15, -0.1) is 11.3 Å². The van der Waals surface area contributed by atoms with Crippen LogP contribution in [0.1, 0.15) is 23.4 Å². The molecule has 0 radical (unpaired) electrons. The molecule has 1 heterocycles. The summed E-state index contributed by atoms with van der Waals surface area (Å²) in [5.41, 5.74) is 0.948. The van der Waals surface area contributed by atoms with E-state index in [4.69, 9.17) is 0 Å². The number of hydrogen-bond donors (Lipinski definition) is 3. The molecule has 3 nitrogen and oxygen atoms in total. The smallest absolute Gasteiger partial charge is 0.157 e. The van der Waals surface area contributed by atoms with Gasteiger partial charge in [0.25, 0.3) is 0 Å². The summed E-state index contributed by atoms with van der Waals surface area (Å²) < 4.78 is 0. The van der Waals surface area contributed by atoms with Crippen LogP contribution in [0.5, 0.6) is 11.5 Å². The van der Waals surface area contributed by atoms with Crippen LogP contribution in [0.2, 0.25) is 0 Å². The van der Waals surface area contributed by atoms with E-state index in [9.17, 15) is 10.2 Å². The molecular formula is C13H15NO2S. The third-order valence-corrected chi connectivity index (χ3v) is 3.68. The van der Waals surface area contributed by atoms with E-state index < -0.39 is 0 Å². The molecule has 1 aromatic heterocycles. The van der Waals surface area contributed by atoms with Gasteiger partial charge in [0.1, 0.15) is 0 Å². The molecule has 0 bridgehead atoms. The third kappa shape index (κ3) is 2.99. The average Bonchev–Trinajstić information content (AvgIpc) is 2.84. The predicted molar refractivity (Wildman–Crippen MR) is 69.3 cm³/mol. The van der Waals surface area contributed by atoms with Crippen LogP contribution < -0.4 is 5.32 Å². The molecule has 0 aliphatic heterocycles. The largest absolute Gasteiger partial charge is 0.504 e. The van der Waals surface area contributed by atoms with Gasteiger partial charge < -0.3 is 15.5 Å². The molecule has 1 atom stereocenters. The molecule has 2 aromatic rings. The lowest BCUT2D eigenvalue weighted by Crippen LogP contribution is -2.16. The molecule has 0 spiro atoms. The first-order valence-electron chi connectivity index (χ1n) is 5.44. The molecule has 2 rings (SSSR count). The van der Waals surface area contributed by atoms with Crippen molar-refractivity contribution in [2.45, 2.75) is 19.5 Å². The standard InChI is InChI=1S/C13H15NO2S/c1-9(13-3-2-6-17-13)14-8-10-4-5-11(15)12(16)7-10/h2-7,9,14-16H,8H2,1H3.